The third kappa shape index (κ3) is 4.09. The lowest BCUT2D eigenvalue weighted by Gasteiger charge is -2.48. The minimum absolute atomic E-state index is 0.139. The van der Waals surface area contributed by atoms with Crippen molar-refractivity contribution < 1.29 is 24.2 Å². The van der Waals surface area contributed by atoms with E-state index in [2.05, 4.69) is 0 Å². The molecule has 8 nitrogen and oxygen atoms in total. The van der Waals surface area contributed by atoms with E-state index in [1.54, 1.807) is 20.8 Å². The second kappa shape index (κ2) is 6.08. The first-order valence-electron chi connectivity index (χ1n) is 6.34. The molecule has 0 saturated carbocycles. The second-order valence-corrected chi connectivity index (χ2v) is 5.46. The lowest BCUT2D eigenvalue weighted by atomic mass is 9.97. The van der Waals surface area contributed by atoms with Crippen molar-refractivity contribution in [1.82, 2.24) is 9.80 Å². The highest BCUT2D eigenvalue weighted by molar-refractivity contribution is 5.83. The normalized spacial score (nSPS) is 16.7. The van der Waals surface area contributed by atoms with Crippen LogP contribution in [0.3, 0.4) is 0 Å². The van der Waals surface area contributed by atoms with Gasteiger partial charge in [-0.25, -0.2) is 9.59 Å². The number of primary amides is 1. The Morgan fingerprint density at radius 2 is 1.95 bits per heavy atom. The zero-order valence-electron chi connectivity index (χ0n) is 12.0. The number of ether oxygens (including phenoxy) is 1. The van der Waals surface area contributed by atoms with E-state index in [-0.39, 0.29) is 18.6 Å². The van der Waals surface area contributed by atoms with Gasteiger partial charge in [0.1, 0.15) is 18.8 Å². The van der Waals surface area contributed by atoms with Crippen molar-refractivity contribution in [2.75, 3.05) is 26.2 Å². The minimum Gasteiger partial charge on any atom is -0.480 e. The van der Waals surface area contributed by atoms with E-state index in [0.29, 0.717) is 13.1 Å². The van der Waals surface area contributed by atoms with E-state index in [0.717, 1.165) is 0 Å². The van der Waals surface area contributed by atoms with Crippen molar-refractivity contribution in [1.29, 1.82) is 0 Å². The molecule has 0 radical (unpaired) electrons. The largest absolute Gasteiger partial charge is 0.480 e. The van der Waals surface area contributed by atoms with Crippen LogP contribution in [0, 0.1) is 0 Å². The third-order valence-electron chi connectivity index (χ3n) is 3.06. The smallest absolute Gasteiger partial charge is 0.329 e. The number of nitrogens with two attached hydrogens (primary N) is 1. The highest BCUT2D eigenvalue weighted by atomic mass is 16.5. The van der Waals surface area contributed by atoms with Gasteiger partial charge in [0.15, 0.2) is 0 Å². The predicted octanol–water partition coefficient (Wildman–Crippen LogP) is -0.522. The molecule has 1 aliphatic heterocycles. The first kappa shape index (κ1) is 16.2. The molecule has 0 aromatic heterocycles. The van der Waals surface area contributed by atoms with Crippen molar-refractivity contribution >= 4 is 17.9 Å². The van der Waals surface area contributed by atoms with Gasteiger partial charge in [-0.1, -0.05) is 0 Å². The van der Waals surface area contributed by atoms with Gasteiger partial charge in [0.25, 0.3) is 0 Å². The van der Waals surface area contributed by atoms with Gasteiger partial charge >= 0.3 is 12.0 Å². The lowest BCUT2D eigenvalue weighted by molar-refractivity contribution is -0.160. The van der Waals surface area contributed by atoms with E-state index in [1.165, 1.54) is 9.80 Å². The first-order valence-corrected chi connectivity index (χ1v) is 6.34. The number of carboxylic acid groups (broad SMARTS) is 1. The van der Waals surface area contributed by atoms with Crippen molar-refractivity contribution in [2.45, 2.75) is 32.4 Å². The number of carbonyl (C=O) groups is 3. The van der Waals surface area contributed by atoms with Crippen molar-refractivity contribution in [3.63, 3.8) is 0 Å². The van der Waals surface area contributed by atoms with E-state index < -0.39 is 24.1 Å². The molecule has 0 aliphatic carbocycles. The first-order chi connectivity index (χ1) is 9.14. The highest BCUT2D eigenvalue weighted by Gasteiger charge is 2.44. The monoisotopic (exact) mass is 287 g/mol. The van der Waals surface area contributed by atoms with Gasteiger partial charge in [0.2, 0.25) is 5.91 Å². The number of nitrogens with zero attached hydrogens (tertiary/aromatic N) is 2. The highest BCUT2D eigenvalue weighted by Crippen LogP contribution is 2.26. The fourth-order valence-corrected chi connectivity index (χ4v) is 2.04. The number of aliphatic carboxylic acids is 1. The Morgan fingerprint density at radius 1 is 1.40 bits per heavy atom. The van der Waals surface area contributed by atoms with Crippen molar-refractivity contribution in [3.05, 3.63) is 0 Å². The molecule has 1 saturated heterocycles. The minimum atomic E-state index is -1.05. The van der Waals surface area contributed by atoms with Crippen LogP contribution >= 0.6 is 0 Å². The average Bonchev–Trinajstić information content (AvgIpc) is 2.28. The molecular weight excluding hydrogens is 266 g/mol. The maximum atomic E-state index is 12.2. The molecule has 0 aromatic rings. The van der Waals surface area contributed by atoms with Crippen LogP contribution in [0.4, 0.5) is 4.79 Å². The number of hydrogen-bond donors (Lipinski definition) is 2. The fourth-order valence-electron chi connectivity index (χ4n) is 2.04. The predicted molar refractivity (Wildman–Crippen MR) is 70.0 cm³/mol. The van der Waals surface area contributed by atoms with Gasteiger partial charge in [-0.2, -0.15) is 0 Å². The number of carboxylic acids is 1. The molecule has 1 rings (SSSR count). The van der Waals surface area contributed by atoms with E-state index in [4.69, 9.17) is 15.6 Å². The molecule has 0 aromatic carbocycles. The van der Waals surface area contributed by atoms with Crippen LogP contribution < -0.4 is 5.73 Å². The summed E-state index contributed by atoms with van der Waals surface area (Å²) in [6.45, 7) is 5.38. The molecule has 20 heavy (non-hydrogen) atoms. The van der Waals surface area contributed by atoms with Crippen LogP contribution in [0.25, 0.3) is 0 Å². The van der Waals surface area contributed by atoms with Crippen molar-refractivity contribution in [3.8, 4) is 0 Å². The van der Waals surface area contributed by atoms with Crippen molar-refractivity contribution in [2.24, 2.45) is 5.73 Å². The molecular formula is C12H21N3O5. The summed E-state index contributed by atoms with van der Waals surface area (Å²) in [5.41, 5.74) is 4.47. The topological polar surface area (TPSA) is 113 Å². The fraction of sp³-hybridized carbons (Fsp3) is 0.750. The summed E-state index contributed by atoms with van der Waals surface area (Å²) in [7, 11) is 0. The van der Waals surface area contributed by atoms with Gasteiger partial charge in [-0.05, 0) is 20.8 Å². The Hall–Kier alpha value is -1.83. The Balaban J connectivity index is 2.54. The Bertz CT molecular complexity index is 404. The molecule has 0 unspecified atom stereocenters. The van der Waals surface area contributed by atoms with Gasteiger partial charge in [0.05, 0.1) is 13.1 Å². The van der Waals surface area contributed by atoms with Crippen LogP contribution in [0.1, 0.15) is 20.8 Å². The standard InChI is InChI=1S/C12H21N3O5/c1-8(2)15(4-9(13)16)11(19)14-6-12(3,7-14)20-5-10(17)18/h8H,4-7H2,1-3H3,(H2,13,16)(H,17,18). The number of urea groups is 1. The number of likely N-dealkylation sites (tertiary alicyclic amines) is 1. The number of amides is 3. The summed E-state index contributed by atoms with van der Waals surface area (Å²) in [4.78, 5) is 36.5. The summed E-state index contributed by atoms with van der Waals surface area (Å²) in [5.74, 6) is -1.62. The molecule has 1 fully saturated rings. The molecule has 0 spiro atoms. The zero-order chi connectivity index (χ0) is 15.5. The van der Waals surface area contributed by atoms with Crippen LogP contribution in [0.2, 0.25) is 0 Å². The van der Waals surface area contributed by atoms with E-state index >= 15 is 0 Å². The van der Waals surface area contributed by atoms with Gasteiger partial charge in [0, 0.05) is 6.04 Å². The molecule has 0 bridgehead atoms. The van der Waals surface area contributed by atoms with Gasteiger partial charge in [-0.15, -0.1) is 0 Å². The second-order valence-electron chi connectivity index (χ2n) is 5.46. The lowest BCUT2D eigenvalue weighted by Crippen LogP contribution is -2.66. The molecule has 1 aliphatic rings. The quantitative estimate of drug-likeness (QED) is 0.682. The third-order valence-corrected chi connectivity index (χ3v) is 3.06. The maximum Gasteiger partial charge on any atom is 0.329 e. The van der Waals surface area contributed by atoms with E-state index in [9.17, 15) is 14.4 Å². The number of carbonyl (C=O) groups excluding carboxylic acids is 2. The average molecular weight is 287 g/mol. The molecule has 3 amide bonds. The molecule has 0 atom stereocenters. The molecule has 8 heteroatoms. The zero-order valence-corrected chi connectivity index (χ0v) is 12.0. The van der Waals surface area contributed by atoms with Crippen LogP contribution in [0.5, 0.6) is 0 Å². The molecule has 3 N–H and O–H groups in total. The Kier molecular flexibility index (Phi) is 4.93. The van der Waals surface area contributed by atoms with Gasteiger partial charge < -0.3 is 25.4 Å². The summed E-state index contributed by atoms with van der Waals surface area (Å²) in [5, 5.41) is 8.57. The SMILES string of the molecule is CC(C)N(CC(N)=O)C(=O)N1CC(C)(OCC(=O)O)C1. The van der Waals surface area contributed by atoms with Crippen LogP contribution in [0.15, 0.2) is 0 Å². The summed E-state index contributed by atoms with van der Waals surface area (Å²) < 4.78 is 5.23. The Labute approximate surface area is 117 Å². The number of hydrogen-bond acceptors (Lipinski definition) is 4. The molecule has 1 heterocycles. The van der Waals surface area contributed by atoms with Gasteiger partial charge in [-0.3, -0.25) is 4.79 Å². The summed E-state index contributed by atoms with van der Waals surface area (Å²) >= 11 is 0. The van der Waals surface area contributed by atoms with Crippen LogP contribution in [-0.4, -0.2) is 70.7 Å². The van der Waals surface area contributed by atoms with Crippen LogP contribution in [-0.2, 0) is 14.3 Å². The Morgan fingerprint density at radius 3 is 2.35 bits per heavy atom. The summed E-state index contributed by atoms with van der Waals surface area (Å²) in [6, 6.07) is -0.447. The van der Waals surface area contributed by atoms with E-state index in [1.807, 2.05) is 0 Å². The maximum absolute atomic E-state index is 12.2. The summed E-state index contributed by atoms with van der Waals surface area (Å²) in [6.07, 6.45) is 0. The number of rotatable bonds is 6. The molecule has 114 valence electrons.